The molecule has 3 aromatic rings. The summed E-state index contributed by atoms with van der Waals surface area (Å²) in [6, 6.07) is 19.0. The number of piperidine rings is 1. The lowest BCUT2D eigenvalue weighted by atomic mass is 9.93. The first kappa shape index (κ1) is 28.1. The summed E-state index contributed by atoms with van der Waals surface area (Å²) in [7, 11) is 3.31. The number of nitrogens with one attached hydrogen (secondary N) is 1. The van der Waals surface area contributed by atoms with Crippen molar-refractivity contribution in [2.45, 2.75) is 38.0 Å². The van der Waals surface area contributed by atoms with Gasteiger partial charge in [-0.15, -0.1) is 0 Å². The van der Waals surface area contributed by atoms with E-state index in [2.05, 4.69) is 33.4 Å². The maximum absolute atomic E-state index is 13.4. The van der Waals surface area contributed by atoms with Crippen molar-refractivity contribution in [2.75, 3.05) is 33.9 Å². The van der Waals surface area contributed by atoms with Gasteiger partial charge in [0.2, 0.25) is 5.91 Å². The van der Waals surface area contributed by atoms with Gasteiger partial charge in [0.1, 0.15) is 17.5 Å². The van der Waals surface area contributed by atoms with E-state index in [1.54, 1.807) is 43.6 Å². The molecule has 9 heteroatoms. The summed E-state index contributed by atoms with van der Waals surface area (Å²) in [6.07, 6.45) is 4.40. The van der Waals surface area contributed by atoms with Crippen LogP contribution in [0, 0.1) is 0 Å². The van der Waals surface area contributed by atoms with Crippen LogP contribution in [0.1, 0.15) is 34.3 Å². The summed E-state index contributed by atoms with van der Waals surface area (Å²) < 4.78 is 10.8. The average Bonchev–Trinajstić information content (AvgIpc) is 2.99. The third-order valence-corrected chi connectivity index (χ3v) is 7.07. The van der Waals surface area contributed by atoms with Crippen molar-refractivity contribution in [1.29, 1.82) is 0 Å². The molecule has 1 aliphatic heterocycles. The molecule has 2 heterocycles. The predicted octanol–water partition coefficient (Wildman–Crippen LogP) is 2.85. The molecule has 1 saturated heterocycles. The summed E-state index contributed by atoms with van der Waals surface area (Å²) >= 11 is 0. The first-order chi connectivity index (χ1) is 19.0. The fourth-order valence-corrected chi connectivity index (χ4v) is 5.02. The van der Waals surface area contributed by atoms with E-state index in [0.717, 1.165) is 29.0 Å². The summed E-state index contributed by atoms with van der Waals surface area (Å²) in [4.78, 5) is 34.9. The number of ether oxygens (including phenoxy) is 2. The van der Waals surface area contributed by atoms with Gasteiger partial charge in [-0.1, -0.05) is 24.3 Å². The van der Waals surface area contributed by atoms with Crippen molar-refractivity contribution in [3.8, 4) is 11.5 Å². The van der Waals surface area contributed by atoms with E-state index in [-0.39, 0.29) is 17.9 Å². The lowest BCUT2D eigenvalue weighted by Crippen LogP contribution is -2.57. The second kappa shape index (κ2) is 13.7. The average molecular weight is 532 g/mol. The molecule has 1 fully saturated rings. The van der Waals surface area contributed by atoms with Gasteiger partial charge in [-0.3, -0.25) is 19.5 Å². The quantitative estimate of drug-likeness (QED) is 0.392. The van der Waals surface area contributed by atoms with Crippen molar-refractivity contribution < 1.29 is 19.1 Å². The Morgan fingerprint density at radius 3 is 2.49 bits per heavy atom. The Hall–Kier alpha value is -3.95. The van der Waals surface area contributed by atoms with Crippen molar-refractivity contribution in [3.63, 3.8) is 0 Å². The standard InChI is InChI=1S/C30H37N5O4/c1-38-26-10-8-22(9-11-26)20-34(21-23-5-3-7-27(17-23)39-2)25-12-16-35(28(18-25)29(36)33-15-13-31)30(37)24-6-4-14-32-19-24/h3-11,14,17,19,25,28H,12-13,15-16,18,20-21,31H2,1-2H3,(H,33,36)/t25?,28-/m1/s1. The highest BCUT2D eigenvalue weighted by atomic mass is 16.5. The SMILES string of the molecule is COc1ccc(CN(Cc2cccc(OC)c2)C2CCN(C(=O)c3cccnc3)[C@@H](C(=O)NCCN)C2)cc1. The number of pyridine rings is 1. The van der Waals surface area contributed by atoms with Gasteiger partial charge in [0.25, 0.3) is 5.91 Å². The zero-order valence-corrected chi connectivity index (χ0v) is 22.6. The maximum Gasteiger partial charge on any atom is 0.256 e. The van der Waals surface area contributed by atoms with Crippen LogP contribution in [0.25, 0.3) is 0 Å². The van der Waals surface area contributed by atoms with Gasteiger partial charge in [-0.2, -0.15) is 0 Å². The molecule has 4 rings (SSSR count). The Balaban J connectivity index is 1.60. The molecule has 0 aliphatic carbocycles. The van der Waals surface area contributed by atoms with Crippen molar-refractivity contribution >= 4 is 11.8 Å². The molecule has 0 bridgehead atoms. The minimum Gasteiger partial charge on any atom is -0.497 e. The van der Waals surface area contributed by atoms with Crippen LogP contribution >= 0.6 is 0 Å². The number of amides is 2. The highest BCUT2D eigenvalue weighted by molar-refractivity contribution is 5.97. The number of likely N-dealkylation sites (tertiary alicyclic amines) is 1. The van der Waals surface area contributed by atoms with E-state index in [4.69, 9.17) is 15.2 Å². The number of carbonyl (C=O) groups excluding carboxylic acids is 2. The number of carbonyl (C=O) groups is 2. The molecule has 9 nitrogen and oxygen atoms in total. The molecule has 3 N–H and O–H groups in total. The number of benzene rings is 2. The van der Waals surface area contributed by atoms with Crippen molar-refractivity contribution in [3.05, 3.63) is 89.7 Å². The Kier molecular flexibility index (Phi) is 9.88. The zero-order chi connectivity index (χ0) is 27.6. The lowest BCUT2D eigenvalue weighted by Gasteiger charge is -2.43. The van der Waals surface area contributed by atoms with Crippen LogP contribution in [-0.2, 0) is 17.9 Å². The lowest BCUT2D eigenvalue weighted by molar-refractivity contribution is -0.127. The second-order valence-corrected chi connectivity index (χ2v) is 9.62. The summed E-state index contributed by atoms with van der Waals surface area (Å²) in [5.41, 5.74) is 8.37. The van der Waals surface area contributed by atoms with E-state index < -0.39 is 6.04 Å². The molecule has 2 aromatic carbocycles. The molecule has 39 heavy (non-hydrogen) atoms. The molecule has 0 saturated carbocycles. The van der Waals surface area contributed by atoms with Gasteiger partial charge in [0.15, 0.2) is 0 Å². The van der Waals surface area contributed by atoms with E-state index in [1.807, 2.05) is 30.3 Å². The minimum absolute atomic E-state index is 0.0601. The predicted molar refractivity (Wildman–Crippen MR) is 149 cm³/mol. The highest BCUT2D eigenvalue weighted by Gasteiger charge is 2.38. The van der Waals surface area contributed by atoms with Crippen LogP contribution in [0.15, 0.2) is 73.1 Å². The summed E-state index contributed by atoms with van der Waals surface area (Å²) in [6.45, 7) is 2.49. The molecule has 206 valence electrons. The monoisotopic (exact) mass is 531 g/mol. The normalized spacial score (nSPS) is 17.1. The van der Waals surface area contributed by atoms with E-state index in [0.29, 0.717) is 44.7 Å². The molecule has 0 spiro atoms. The van der Waals surface area contributed by atoms with Gasteiger partial charge >= 0.3 is 0 Å². The number of aromatic nitrogens is 1. The minimum atomic E-state index is -0.619. The van der Waals surface area contributed by atoms with Gasteiger partial charge in [-0.05, 0) is 60.4 Å². The van der Waals surface area contributed by atoms with Crippen LogP contribution in [-0.4, -0.2) is 72.5 Å². The van der Waals surface area contributed by atoms with Crippen LogP contribution in [0.2, 0.25) is 0 Å². The Bertz CT molecular complexity index is 1220. The molecular weight excluding hydrogens is 494 g/mol. The Morgan fingerprint density at radius 1 is 1.03 bits per heavy atom. The molecule has 1 aromatic heterocycles. The number of hydrogen-bond acceptors (Lipinski definition) is 7. The van der Waals surface area contributed by atoms with E-state index >= 15 is 0 Å². The molecule has 2 atom stereocenters. The zero-order valence-electron chi connectivity index (χ0n) is 22.6. The van der Waals surface area contributed by atoms with E-state index in [9.17, 15) is 9.59 Å². The summed E-state index contributed by atoms with van der Waals surface area (Å²) in [5, 5.41) is 2.90. The topological polar surface area (TPSA) is 110 Å². The third-order valence-electron chi connectivity index (χ3n) is 7.07. The number of nitrogens with two attached hydrogens (primary N) is 1. The van der Waals surface area contributed by atoms with Crippen molar-refractivity contribution in [2.24, 2.45) is 5.73 Å². The molecular formula is C30H37N5O4. The number of rotatable bonds is 11. The third kappa shape index (κ3) is 7.34. The first-order valence-electron chi connectivity index (χ1n) is 13.2. The van der Waals surface area contributed by atoms with Gasteiger partial charge in [0.05, 0.1) is 19.8 Å². The van der Waals surface area contributed by atoms with Gasteiger partial charge in [-0.25, -0.2) is 0 Å². The van der Waals surface area contributed by atoms with Crippen LogP contribution in [0.3, 0.4) is 0 Å². The highest BCUT2D eigenvalue weighted by Crippen LogP contribution is 2.28. The van der Waals surface area contributed by atoms with E-state index in [1.165, 1.54) is 0 Å². The Labute approximate surface area is 229 Å². The fraction of sp³-hybridized carbons (Fsp3) is 0.367. The first-order valence-corrected chi connectivity index (χ1v) is 13.2. The molecule has 1 aliphatic rings. The van der Waals surface area contributed by atoms with Crippen LogP contribution in [0.5, 0.6) is 11.5 Å². The molecule has 0 radical (unpaired) electrons. The van der Waals surface area contributed by atoms with Gasteiger partial charge < -0.3 is 25.4 Å². The maximum atomic E-state index is 13.4. The van der Waals surface area contributed by atoms with Gasteiger partial charge in [0, 0.05) is 51.2 Å². The summed E-state index contributed by atoms with van der Waals surface area (Å²) in [5.74, 6) is 1.22. The molecule has 1 unspecified atom stereocenters. The Morgan fingerprint density at radius 2 is 1.79 bits per heavy atom. The fourth-order valence-electron chi connectivity index (χ4n) is 5.02. The number of methoxy groups -OCH3 is 2. The van der Waals surface area contributed by atoms with Crippen LogP contribution in [0.4, 0.5) is 0 Å². The molecule has 2 amide bonds. The second-order valence-electron chi connectivity index (χ2n) is 9.62. The number of hydrogen-bond donors (Lipinski definition) is 2. The number of nitrogens with zero attached hydrogens (tertiary/aromatic N) is 3. The largest absolute Gasteiger partial charge is 0.497 e. The smallest absolute Gasteiger partial charge is 0.256 e. The van der Waals surface area contributed by atoms with Crippen molar-refractivity contribution in [1.82, 2.24) is 20.1 Å². The van der Waals surface area contributed by atoms with Crippen LogP contribution < -0.4 is 20.5 Å².